The highest BCUT2D eigenvalue weighted by Gasteiger charge is 2.13. The second kappa shape index (κ2) is 8.12. The molecule has 2 aromatic carbocycles. The van der Waals surface area contributed by atoms with Crippen molar-refractivity contribution in [2.24, 2.45) is 0 Å². The van der Waals surface area contributed by atoms with E-state index < -0.39 is 0 Å². The molecule has 0 radical (unpaired) electrons. The number of benzene rings is 2. The van der Waals surface area contributed by atoms with Gasteiger partial charge in [0.25, 0.3) is 5.91 Å². The van der Waals surface area contributed by atoms with E-state index in [0.717, 1.165) is 25.2 Å². The zero-order chi connectivity index (χ0) is 17.6. The molecule has 1 aliphatic heterocycles. The maximum absolute atomic E-state index is 12.3. The number of carbonyl (C=O) groups excluding carboxylic acids is 1. The summed E-state index contributed by atoms with van der Waals surface area (Å²) in [5, 5.41) is 6.15. The van der Waals surface area contributed by atoms with Crippen molar-refractivity contribution < 1.29 is 4.79 Å². The van der Waals surface area contributed by atoms with Crippen molar-refractivity contribution in [3.8, 4) is 0 Å². The molecule has 0 bridgehead atoms. The number of anilines is 2. The van der Waals surface area contributed by atoms with Crippen LogP contribution in [0.25, 0.3) is 0 Å². The summed E-state index contributed by atoms with van der Waals surface area (Å²) in [6.45, 7) is 4.28. The molecule has 4 nitrogen and oxygen atoms in total. The van der Waals surface area contributed by atoms with E-state index in [4.69, 9.17) is 12.2 Å². The number of nitrogens with zero attached hydrogens (tertiary/aromatic N) is 1. The number of thiocarbonyl (C=S) groups is 1. The van der Waals surface area contributed by atoms with Crippen LogP contribution in [0.15, 0.2) is 48.5 Å². The van der Waals surface area contributed by atoms with Crippen LogP contribution in [0, 0.1) is 0 Å². The monoisotopic (exact) mass is 353 g/mol. The van der Waals surface area contributed by atoms with Crippen molar-refractivity contribution in [3.63, 3.8) is 0 Å². The number of nitrogens with one attached hydrogen (secondary N) is 2. The molecule has 0 aliphatic carbocycles. The van der Waals surface area contributed by atoms with Gasteiger partial charge in [-0.05, 0) is 67.4 Å². The Kier molecular flexibility index (Phi) is 5.66. The topological polar surface area (TPSA) is 44.4 Å². The minimum absolute atomic E-state index is 0.198. The molecule has 5 heteroatoms. The van der Waals surface area contributed by atoms with Crippen LogP contribution >= 0.6 is 12.2 Å². The van der Waals surface area contributed by atoms with Crippen molar-refractivity contribution in [2.45, 2.75) is 26.2 Å². The number of hydrogen-bond donors (Lipinski definition) is 2. The first-order valence-electron chi connectivity index (χ1n) is 8.72. The minimum Gasteiger partial charge on any atom is -0.371 e. The van der Waals surface area contributed by atoms with Gasteiger partial charge in [-0.25, -0.2) is 0 Å². The third-order valence-electron chi connectivity index (χ3n) is 4.43. The summed E-state index contributed by atoms with van der Waals surface area (Å²) in [4.78, 5) is 14.6. The summed E-state index contributed by atoms with van der Waals surface area (Å²) in [5.74, 6) is -0.198. The van der Waals surface area contributed by atoms with Gasteiger partial charge in [0.2, 0.25) is 0 Å². The standard InChI is InChI=1S/C20H23N3OS/c1-2-15-8-10-16(11-9-15)19(24)22-20(25)21-17-6-5-7-18(14-17)23-12-3-4-13-23/h5-11,14H,2-4,12-13H2,1H3,(H2,21,22,24,25). The Balaban J connectivity index is 1.60. The minimum atomic E-state index is -0.198. The molecule has 25 heavy (non-hydrogen) atoms. The van der Waals surface area contributed by atoms with Crippen LogP contribution in [0.5, 0.6) is 0 Å². The van der Waals surface area contributed by atoms with E-state index in [1.165, 1.54) is 24.1 Å². The average Bonchev–Trinajstić information content (AvgIpc) is 3.16. The predicted octanol–water partition coefficient (Wildman–Crippen LogP) is 3.98. The normalized spacial score (nSPS) is 13.6. The second-order valence-corrected chi connectivity index (χ2v) is 6.61. The summed E-state index contributed by atoms with van der Waals surface area (Å²) in [6.07, 6.45) is 3.43. The largest absolute Gasteiger partial charge is 0.371 e. The highest BCUT2D eigenvalue weighted by atomic mass is 32.1. The molecule has 1 saturated heterocycles. The fourth-order valence-electron chi connectivity index (χ4n) is 2.99. The van der Waals surface area contributed by atoms with Crippen molar-refractivity contribution in [1.29, 1.82) is 0 Å². The zero-order valence-corrected chi connectivity index (χ0v) is 15.2. The molecule has 0 saturated carbocycles. The Hall–Kier alpha value is -2.40. The predicted molar refractivity (Wildman–Crippen MR) is 107 cm³/mol. The Labute approximate surface area is 154 Å². The van der Waals surface area contributed by atoms with Crippen LogP contribution in [0.1, 0.15) is 35.7 Å². The van der Waals surface area contributed by atoms with Crippen molar-refractivity contribution in [1.82, 2.24) is 5.32 Å². The van der Waals surface area contributed by atoms with E-state index in [-0.39, 0.29) is 5.91 Å². The molecule has 1 heterocycles. The molecule has 1 fully saturated rings. The van der Waals surface area contributed by atoms with E-state index in [9.17, 15) is 4.79 Å². The molecule has 3 rings (SSSR count). The fraction of sp³-hybridized carbons (Fsp3) is 0.300. The molecule has 130 valence electrons. The lowest BCUT2D eigenvalue weighted by Crippen LogP contribution is -2.34. The van der Waals surface area contributed by atoms with Crippen LogP contribution in [0.2, 0.25) is 0 Å². The van der Waals surface area contributed by atoms with Crippen LogP contribution in [-0.2, 0) is 6.42 Å². The summed E-state index contributed by atoms with van der Waals surface area (Å²) >= 11 is 5.28. The van der Waals surface area contributed by atoms with E-state index in [1.807, 2.05) is 36.4 Å². The Morgan fingerprint density at radius 3 is 2.52 bits per heavy atom. The molecule has 1 amide bonds. The number of hydrogen-bond acceptors (Lipinski definition) is 3. The number of rotatable bonds is 4. The molecule has 1 aliphatic rings. The van der Waals surface area contributed by atoms with Gasteiger partial charge in [0.05, 0.1) is 0 Å². The summed E-state index contributed by atoms with van der Waals surface area (Å²) < 4.78 is 0. The van der Waals surface area contributed by atoms with E-state index >= 15 is 0 Å². The Morgan fingerprint density at radius 1 is 1.12 bits per heavy atom. The molecule has 0 atom stereocenters. The van der Waals surface area contributed by atoms with Crippen LogP contribution in [0.4, 0.5) is 11.4 Å². The van der Waals surface area contributed by atoms with Gasteiger partial charge in [0, 0.05) is 30.0 Å². The highest BCUT2D eigenvalue weighted by molar-refractivity contribution is 7.80. The lowest BCUT2D eigenvalue weighted by atomic mass is 10.1. The van der Waals surface area contributed by atoms with E-state index in [1.54, 1.807) is 0 Å². The van der Waals surface area contributed by atoms with E-state index in [0.29, 0.717) is 10.7 Å². The first kappa shape index (κ1) is 17.4. The summed E-state index contributed by atoms with van der Waals surface area (Å²) in [7, 11) is 0. The fourth-order valence-corrected chi connectivity index (χ4v) is 3.20. The van der Waals surface area contributed by atoms with Gasteiger partial charge in [-0.1, -0.05) is 25.1 Å². The first-order chi connectivity index (χ1) is 12.2. The number of amides is 1. The Bertz CT molecular complexity index is 752. The van der Waals surface area contributed by atoms with Crippen molar-refractivity contribution >= 4 is 34.6 Å². The maximum atomic E-state index is 12.3. The smallest absolute Gasteiger partial charge is 0.257 e. The van der Waals surface area contributed by atoms with Crippen LogP contribution in [-0.4, -0.2) is 24.1 Å². The molecular formula is C20H23N3OS. The molecule has 0 aromatic heterocycles. The third kappa shape index (κ3) is 4.57. The quantitative estimate of drug-likeness (QED) is 0.816. The number of aryl methyl sites for hydroxylation is 1. The van der Waals surface area contributed by atoms with Gasteiger partial charge in [-0.2, -0.15) is 0 Å². The van der Waals surface area contributed by atoms with Gasteiger partial charge in [-0.15, -0.1) is 0 Å². The molecule has 0 spiro atoms. The lowest BCUT2D eigenvalue weighted by molar-refractivity contribution is 0.0977. The third-order valence-corrected chi connectivity index (χ3v) is 4.63. The molecular weight excluding hydrogens is 330 g/mol. The average molecular weight is 353 g/mol. The second-order valence-electron chi connectivity index (χ2n) is 6.20. The lowest BCUT2D eigenvalue weighted by Gasteiger charge is -2.19. The summed E-state index contributed by atoms with van der Waals surface area (Å²) in [5.41, 5.74) is 3.88. The van der Waals surface area contributed by atoms with Crippen LogP contribution < -0.4 is 15.5 Å². The molecule has 2 N–H and O–H groups in total. The van der Waals surface area contributed by atoms with Gasteiger partial charge in [0.15, 0.2) is 5.11 Å². The van der Waals surface area contributed by atoms with Crippen molar-refractivity contribution in [3.05, 3.63) is 59.7 Å². The SMILES string of the molecule is CCc1ccc(C(=O)NC(=S)Nc2cccc(N3CCCC3)c2)cc1. The molecule has 0 unspecified atom stereocenters. The Morgan fingerprint density at radius 2 is 1.84 bits per heavy atom. The van der Waals surface area contributed by atoms with Gasteiger partial charge in [-0.3, -0.25) is 10.1 Å². The maximum Gasteiger partial charge on any atom is 0.257 e. The number of carbonyl (C=O) groups is 1. The first-order valence-corrected chi connectivity index (χ1v) is 9.13. The van der Waals surface area contributed by atoms with Gasteiger partial charge >= 0.3 is 0 Å². The van der Waals surface area contributed by atoms with Gasteiger partial charge < -0.3 is 10.2 Å². The van der Waals surface area contributed by atoms with Gasteiger partial charge in [0.1, 0.15) is 0 Å². The van der Waals surface area contributed by atoms with Crippen LogP contribution in [0.3, 0.4) is 0 Å². The zero-order valence-electron chi connectivity index (χ0n) is 14.4. The van der Waals surface area contributed by atoms with E-state index in [2.05, 4.69) is 34.6 Å². The molecule has 2 aromatic rings. The highest BCUT2D eigenvalue weighted by Crippen LogP contribution is 2.23. The van der Waals surface area contributed by atoms with Crippen molar-refractivity contribution in [2.75, 3.05) is 23.3 Å². The summed E-state index contributed by atoms with van der Waals surface area (Å²) in [6, 6.07) is 15.7.